The second kappa shape index (κ2) is 12.0. The van der Waals surface area contributed by atoms with Crippen molar-refractivity contribution in [3.05, 3.63) is 84.3 Å². The zero-order chi connectivity index (χ0) is 27.1. The van der Waals surface area contributed by atoms with Gasteiger partial charge in [-0.1, -0.05) is 49.4 Å². The van der Waals surface area contributed by atoms with E-state index in [1.807, 2.05) is 30.3 Å². The lowest BCUT2D eigenvalue weighted by atomic mass is 10.0. The first-order chi connectivity index (χ1) is 18.4. The highest BCUT2D eigenvalue weighted by Crippen LogP contribution is 2.26. The molecule has 3 aromatic rings. The van der Waals surface area contributed by atoms with Crippen LogP contribution >= 0.6 is 0 Å². The van der Waals surface area contributed by atoms with E-state index >= 15 is 0 Å². The highest BCUT2D eigenvalue weighted by Gasteiger charge is 2.37. The number of ether oxygens (including phenoxy) is 1. The molecule has 2 aromatic carbocycles. The number of halogens is 1. The van der Waals surface area contributed by atoms with Crippen LogP contribution in [-0.4, -0.2) is 40.9 Å². The number of nitrogens with two attached hydrogens (primary N) is 2. The number of carbonyl (C=O) groups excluding carboxylic acids is 2. The molecule has 1 aliphatic heterocycles. The van der Waals surface area contributed by atoms with Crippen molar-refractivity contribution >= 4 is 29.4 Å². The molecular formula is C27H28FN7O3. The molecule has 38 heavy (non-hydrogen) atoms. The molecule has 0 saturated heterocycles. The molecule has 2 heterocycles. The van der Waals surface area contributed by atoms with E-state index in [-0.39, 0.29) is 24.2 Å². The van der Waals surface area contributed by atoms with E-state index in [1.54, 1.807) is 31.2 Å². The van der Waals surface area contributed by atoms with Gasteiger partial charge >= 0.3 is 0 Å². The zero-order valence-electron chi connectivity index (χ0n) is 20.7. The normalized spacial score (nSPS) is 17.5. The monoisotopic (exact) mass is 517 g/mol. The van der Waals surface area contributed by atoms with E-state index in [0.29, 0.717) is 17.7 Å². The smallest absolute Gasteiger partial charge is 0.239 e. The minimum absolute atomic E-state index is 0.0302. The fraction of sp³-hybridized carbons (Fsp3) is 0.222. The van der Waals surface area contributed by atoms with Gasteiger partial charge in [0, 0.05) is 17.4 Å². The third-order valence-corrected chi connectivity index (χ3v) is 5.86. The molecule has 2 unspecified atom stereocenters. The summed E-state index contributed by atoms with van der Waals surface area (Å²) >= 11 is 0. The van der Waals surface area contributed by atoms with Gasteiger partial charge in [0.1, 0.15) is 30.3 Å². The fourth-order valence-corrected chi connectivity index (χ4v) is 3.92. The van der Waals surface area contributed by atoms with Crippen LogP contribution in [0.25, 0.3) is 11.3 Å². The van der Waals surface area contributed by atoms with Crippen LogP contribution in [0.15, 0.2) is 82.9 Å². The Morgan fingerprint density at radius 1 is 1.08 bits per heavy atom. The minimum Gasteiger partial charge on any atom is -0.475 e. The van der Waals surface area contributed by atoms with Gasteiger partial charge in [0.05, 0.1) is 0 Å². The van der Waals surface area contributed by atoms with Crippen LogP contribution in [0.5, 0.6) is 0 Å². The maximum Gasteiger partial charge on any atom is 0.239 e. The molecule has 196 valence electrons. The Morgan fingerprint density at radius 2 is 1.87 bits per heavy atom. The Bertz CT molecular complexity index is 1360. The van der Waals surface area contributed by atoms with E-state index in [4.69, 9.17) is 16.2 Å². The molecule has 6 N–H and O–H groups in total. The lowest BCUT2D eigenvalue weighted by molar-refractivity contribution is -0.121. The van der Waals surface area contributed by atoms with Crippen LogP contribution in [-0.2, 0) is 20.9 Å². The molecule has 4 rings (SSSR count). The number of nitrogens with zero attached hydrogens (tertiary/aromatic N) is 3. The summed E-state index contributed by atoms with van der Waals surface area (Å²) in [6.07, 6.45) is 0.937. The first kappa shape index (κ1) is 26.3. The maximum atomic E-state index is 14.3. The third-order valence-electron chi connectivity index (χ3n) is 5.86. The van der Waals surface area contributed by atoms with Crippen molar-refractivity contribution < 1.29 is 18.7 Å². The van der Waals surface area contributed by atoms with E-state index in [9.17, 15) is 14.0 Å². The standard InChI is InChI=1S/C27H28FN7O3/c1-2-20(23(29)36)33-27-34-25(21(24(30)37)26(35-27)38-15-16-8-4-3-5-9-16)32-18-11-6-10-17(14-18)22-19(28)12-7-13-31-22/h3-14,20-21,25,32H,2,15H2,1H3,(H2,29,36)(H2,30,37)(H,33,34)/t20?,21?,25-/m1/s1. The number of anilines is 1. The van der Waals surface area contributed by atoms with Crippen LogP contribution in [0.1, 0.15) is 18.9 Å². The summed E-state index contributed by atoms with van der Waals surface area (Å²) in [5.74, 6) is -2.76. The Kier molecular flexibility index (Phi) is 8.27. The molecule has 3 atom stereocenters. The molecule has 1 aromatic heterocycles. The average molecular weight is 518 g/mol. The van der Waals surface area contributed by atoms with Crippen molar-refractivity contribution in [3.8, 4) is 11.3 Å². The number of guanidine groups is 1. The van der Waals surface area contributed by atoms with E-state index in [0.717, 1.165) is 5.56 Å². The summed E-state index contributed by atoms with van der Waals surface area (Å²) < 4.78 is 20.3. The lowest BCUT2D eigenvalue weighted by Gasteiger charge is -2.29. The first-order valence-corrected chi connectivity index (χ1v) is 12.0. The van der Waals surface area contributed by atoms with Crippen molar-refractivity contribution in [2.75, 3.05) is 5.32 Å². The van der Waals surface area contributed by atoms with Crippen LogP contribution in [0.2, 0.25) is 0 Å². The number of rotatable bonds is 9. The maximum absolute atomic E-state index is 14.3. The van der Waals surface area contributed by atoms with Crippen molar-refractivity contribution in [2.45, 2.75) is 32.2 Å². The average Bonchev–Trinajstić information content (AvgIpc) is 2.91. The summed E-state index contributed by atoms with van der Waals surface area (Å²) in [5.41, 5.74) is 13.3. The Balaban J connectivity index is 1.66. The Morgan fingerprint density at radius 3 is 2.55 bits per heavy atom. The minimum atomic E-state index is -1.08. The van der Waals surface area contributed by atoms with Crippen molar-refractivity contribution in [3.63, 3.8) is 0 Å². The summed E-state index contributed by atoms with van der Waals surface area (Å²) in [7, 11) is 0. The van der Waals surface area contributed by atoms with Gasteiger partial charge in [-0.2, -0.15) is 4.99 Å². The molecule has 2 amide bonds. The predicted molar refractivity (Wildman–Crippen MR) is 142 cm³/mol. The molecule has 0 spiro atoms. The van der Waals surface area contributed by atoms with Crippen molar-refractivity contribution in [2.24, 2.45) is 27.4 Å². The Hall–Kier alpha value is -4.80. The number of benzene rings is 2. The third kappa shape index (κ3) is 6.30. The molecule has 0 aliphatic carbocycles. The van der Waals surface area contributed by atoms with Crippen LogP contribution < -0.4 is 22.1 Å². The van der Waals surface area contributed by atoms with Gasteiger partial charge in [-0.15, -0.1) is 0 Å². The quantitative estimate of drug-likeness (QED) is 0.342. The predicted octanol–water partition coefficient (Wildman–Crippen LogP) is 2.57. The largest absolute Gasteiger partial charge is 0.475 e. The fourth-order valence-electron chi connectivity index (χ4n) is 3.92. The van der Waals surface area contributed by atoms with Gasteiger partial charge in [0.15, 0.2) is 5.92 Å². The highest BCUT2D eigenvalue weighted by atomic mass is 19.1. The number of hydrogen-bond donors (Lipinski definition) is 4. The highest BCUT2D eigenvalue weighted by molar-refractivity contribution is 6.07. The topological polar surface area (TPSA) is 157 Å². The number of amides is 2. The molecule has 0 bridgehead atoms. The van der Waals surface area contributed by atoms with Gasteiger partial charge < -0.3 is 26.8 Å². The van der Waals surface area contributed by atoms with Crippen LogP contribution in [0.3, 0.4) is 0 Å². The number of primary amides is 2. The second-order valence-electron chi connectivity index (χ2n) is 8.57. The van der Waals surface area contributed by atoms with Crippen molar-refractivity contribution in [1.29, 1.82) is 0 Å². The summed E-state index contributed by atoms with van der Waals surface area (Å²) in [4.78, 5) is 37.4. The number of hydrogen-bond acceptors (Lipinski definition) is 8. The molecule has 10 nitrogen and oxygen atoms in total. The second-order valence-corrected chi connectivity index (χ2v) is 8.57. The summed E-state index contributed by atoms with van der Waals surface area (Å²) in [5, 5.41) is 6.07. The molecule has 0 saturated carbocycles. The van der Waals surface area contributed by atoms with Crippen LogP contribution in [0, 0.1) is 11.7 Å². The summed E-state index contributed by atoms with van der Waals surface area (Å²) in [6.45, 7) is 1.91. The van der Waals surface area contributed by atoms with Gasteiger partial charge in [0.25, 0.3) is 0 Å². The molecule has 1 aliphatic rings. The number of pyridine rings is 1. The van der Waals surface area contributed by atoms with Crippen LogP contribution in [0.4, 0.5) is 10.1 Å². The van der Waals surface area contributed by atoms with Gasteiger partial charge in [-0.05, 0) is 36.2 Å². The summed E-state index contributed by atoms with van der Waals surface area (Å²) in [6, 6.07) is 18.3. The lowest BCUT2D eigenvalue weighted by Crippen LogP contribution is -2.50. The van der Waals surface area contributed by atoms with Crippen molar-refractivity contribution in [1.82, 2.24) is 10.3 Å². The Labute approximate surface area is 219 Å². The SMILES string of the molecule is CCC(NC1=N[C@@H](Nc2cccc(-c3ncccc3F)c2)C(C(N)=O)C(OCc2ccccc2)=N1)C(N)=O. The molecule has 0 fully saturated rings. The number of aliphatic imine (C=N–C) groups is 2. The first-order valence-electron chi connectivity index (χ1n) is 12.0. The molecule has 0 radical (unpaired) electrons. The van der Waals surface area contributed by atoms with Gasteiger partial charge in [-0.3, -0.25) is 14.6 Å². The number of carbonyl (C=O) groups is 2. The van der Waals surface area contributed by atoms with Gasteiger partial charge in [-0.25, -0.2) is 9.38 Å². The van der Waals surface area contributed by atoms with E-state index in [2.05, 4.69) is 25.6 Å². The zero-order valence-corrected chi connectivity index (χ0v) is 20.7. The van der Waals surface area contributed by atoms with E-state index < -0.39 is 35.8 Å². The van der Waals surface area contributed by atoms with Gasteiger partial charge in [0.2, 0.25) is 23.7 Å². The number of aromatic nitrogens is 1. The molecule has 11 heteroatoms. The molecular weight excluding hydrogens is 489 g/mol. The number of nitrogens with one attached hydrogen (secondary N) is 2. The van der Waals surface area contributed by atoms with E-state index in [1.165, 1.54) is 18.3 Å².